The van der Waals surface area contributed by atoms with Gasteiger partial charge in [-0.15, -0.1) is 0 Å². The van der Waals surface area contributed by atoms with E-state index in [0.717, 1.165) is 6.07 Å². The molecule has 172 valence electrons. The van der Waals surface area contributed by atoms with Crippen LogP contribution < -0.4 is 10.2 Å². The number of Topliss-reactive ketones (excluding diaryl/α,β-unsaturated/α-hetero) is 1. The topological polar surface area (TPSA) is 76.5 Å². The van der Waals surface area contributed by atoms with Crippen LogP contribution in [0.1, 0.15) is 22.3 Å². The van der Waals surface area contributed by atoms with Gasteiger partial charge in [-0.3, -0.25) is 9.59 Å². The number of carbonyl (C=O) groups excluding carboxylic acids is 2. The number of morpholine rings is 1. The first-order valence-electron chi connectivity index (χ1n) is 10.3. The molecule has 1 fully saturated rings. The number of benzene rings is 2. The highest BCUT2D eigenvalue weighted by Gasteiger charge is 2.35. The second kappa shape index (κ2) is 9.45. The Balaban J connectivity index is 1.47. The smallest absolute Gasteiger partial charge is 0.378 e. The number of amides is 1. The Labute approximate surface area is 187 Å². The summed E-state index contributed by atoms with van der Waals surface area (Å²) in [5.74, 6) is -1.15. The summed E-state index contributed by atoms with van der Waals surface area (Å²) >= 11 is 0. The highest BCUT2D eigenvalue weighted by Crippen LogP contribution is 2.38. The summed E-state index contributed by atoms with van der Waals surface area (Å²) in [6.07, 6.45) is -1.79. The van der Waals surface area contributed by atoms with E-state index >= 15 is 0 Å². The molecule has 1 saturated heterocycles. The summed E-state index contributed by atoms with van der Waals surface area (Å²) in [7, 11) is 0. The maximum Gasteiger partial charge on any atom is 0.418 e. The van der Waals surface area contributed by atoms with Gasteiger partial charge in [-0.25, -0.2) is 4.68 Å². The van der Waals surface area contributed by atoms with Gasteiger partial charge in [-0.1, -0.05) is 12.1 Å². The minimum absolute atomic E-state index is 0.0255. The van der Waals surface area contributed by atoms with Gasteiger partial charge >= 0.3 is 6.18 Å². The fourth-order valence-electron chi connectivity index (χ4n) is 3.62. The molecule has 0 atom stereocenters. The van der Waals surface area contributed by atoms with Gasteiger partial charge in [-0.2, -0.15) is 18.3 Å². The Bertz CT molecular complexity index is 1140. The maximum atomic E-state index is 13.7. The Morgan fingerprint density at radius 3 is 2.55 bits per heavy atom. The Morgan fingerprint density at radius 2 is 1.85 bits per heavy atom. The van der Waals surface area contributed by atoms with Crippen LogP contribution in [-0.4, -0.2) is 47.8 Å². The first kappa shape index (κ1) is 22.5. The lowest BCUT2D eigenvalue weighted by atomic mass is 10.1. The van der Waals surface area contributed by atoms with Crippen molar-refractivity contribution >= 4 is 23.1 Å². The first-order chi connectivity index (χ1) is 15.8. The molecule has 0 bridgehead atoms. The molecule has 0 unspecified atom stereocenters. The second-order valence-electron chi connectivity index (χ2n) is 7.48. The number of rotatable bonds is 6. The molecular weight excluding hydrogens is 437 g/mol. The zero-order chi connectivity index (χ0) is 23.4. The Kier molecular flexibility index (Phi) is 6.45. The molecule has 0 aliphatic carbocycles. The minimum Gasteiger partial charge on any atom is -0.378 e. The molecule has 3 aromatic rings. The predicted octanol–water partition coefficient (Wildman–Crippen LogP) is 3.94. The van der Waals surface area contributed by atoms with Gasteiger partial charge in [0.1, 0.15) is 0 Å². The van der Waals surface area contributed by atoms with E-state index < -0.39 is 29.9 Å². The van der Waals surface area contributed by atoms with Crippen LogP contribution in [0.25, 0.3) is 5.69 Å². The summed E-state index contributed by atoms with van der Waals surface area (Å²) in [6, 6.07) is 12.0. The van der Waals surface area contributed by atoms with Crippen molar-refractivity contribution in [2.45, 2.75) is 12.6 Å². The van der Waals surface area contributed by atoms with E-state index in [0.29, 0.717) is 37.6 Å². The first-order valence-corrected chi connectivity index (χ1v) is 10.3. The molecule has 0 radical (unpaired) electrons. The SMILES string of the molecule is O=C(CC(=O)c1cccc(-n2cccn2)c1)Nc1ccc(N2CCOCC2)c(C(F)(F)F)c1. The summed E-state index contributed by atoms with van der Waals surface area (Å²) < 4.78 is 47.8. The Morgan fingerprint density at radius 1 is 1.06 bits per heavy atom. The van der Waals surface area contributed by atoms with Crippen molar-refractivity contribution in [2.24, 2.45) is 0 Å². The molecule has 0 saturated carbocycles. The van der Waals surface area contributed by atoms with E-state index in [1.54, 1.807) is 52.3 Å². The number of carbonyl (C=O) groups is 2. The van der Waals surface area contributed by atoms with Crippen molar-refractivity contribution in [1.29, 1.82) is 0 Å². The average Bonchev–Trinajstić information content (AvgIpc) is 3.34. The maximum absolute atomic E-state index is 13.7. The number of ketones is 1. The van der Waals surface area contributed by atoms with Crippen molar-refractivity contribution < 1.29 is 27.5 Å². The largest absolute Gasteiger partial charge is 0.418 e. The van der Waals surface area contributed by atoms with Gasteiger partial charge in [0.25, 0.3) is 0 Å². The second-order valence-corrected chi connectivity index (χ2v) is 7.48. The van der Waals surface area contributed by atoms with Gasteiger partial charge in [0.05, 0.1) is 30.9 Å². The molecule has 2 aromatic carbocycles. The number of hydrogen-bond acceptors (Lipinski definition) is 5. The molecule has 0 spiro atoms. The lowest BCUT2D eigenvalue weighted by molar-refractivity contribution is -0.137. The molecule has 2 heterocycles. The van der Waals surface area contributed by atoms with Crippen molar-refractivity contribution in [1.82, 2.24) is 9.78 Å². The zero-order valence-corrected chi connectivity index (χ0v) is 17.5. The number of nitrogens with one attached hydrogen (secondary N) is 1. The van der Waals surface area contributed by atoms with E-state index in [1.807, 2.05) is 0 Å². The summed E-state index contributed by atoms with van der Waals surface area (Å²) in [5.41, 5.74) is 0.120. The quantitative estimate of drug-likeness (QED) is 0.447. The highest BCUT2D eigenvalue weighted by atomic mass is 19.4. The van der Waals surface area contributed by atoms with Crippen LogP contribution in [0.5, 0.6) is 0 Å². The fourth-order valence-corrected chi connectivity index (χ4v) is 3.62. The van der Waals surface area contributed by atoms with Crippen LogP contribution in [0.2, 0.25) is 0 Å². The predicted molar refractivity (Wildman–Crippen MR) is 116 cm³/mol. The third kappa shape index (κ3) is 5.40. The summed E-state index contributed by atoms with van der Waals surface area (Å²) in [5, 5.41) is 6.50. The van der Waals surface area contributed by atoms with Gasteiger partial charge in [0.15, 0.2) is 5.78 Å². The van der Waals surface area contributed by atoms with Gasteiger partial charge in [0, 0.05) is 42.4 Å². The lowest BCUT2D eigenvalue weighted by Gasteiger charge is -2.31. The van der Waals surface area contributed by atoms with Crippen LogP contribution in [-0.2, 0) is 15.7 Å². The zero-order valence-electron chi connectivity index (χ0n) is 17.5. The number of hydrogen-bond donors (Lipinski definition) is 1. The normalized spacial score (nSPS) is 14.2. The van der Waals surface area contributed by atoms with E-state index in [9.17, 15) is 22.8 Å². The molecule has 7 nitrogen and oxygen atoms in total. The van der Waals surface area contributed by atoms with Crippen LogP contribution in [0, 0.1) is 0 Å². The molecular formula is C23H21F3N4O3. The van der Waals surface area contributed by atoms with Gasteiger partial charge in [-0.05, 0) is 36.4 Å². The monoisotopic (exact) mass is 458 g/mol. The third-order valence-electron chi connectivity index (χ3n) is 5.20. The van der Waals surface area contributed by atoms with Crippen molar-refractivity contribution in [3.63, 3.8) is 0 Å². The van der Waals surface area contributed by atoms with Crippen molar-refractivity contribution in [2.75, 3.05) is 36.5 Å². The standard InChI is InChI=1S/C23H21F3N4O3/c24-23(25,26)19-14-17(5-6-20(19)29-9-11-33-12-10-29)28-22(32)15-21(31)16-3-1-4-18(13-16)30-8-2-7-27-30/h1-8,13-14H,9-12,15H2,(H,28,32). The summed E-state index contributed by atoms with van der Waals surface area (Å²) in [4.78, 5) is 26.6. The number of halogens is 3. The molecule has 1 aromatic heterocycles. The Hall–Kier alpha value is -3.66. The molecule has 10 heteroatoms. The van der Waals surface area contributed by atoms with Crippen LogP contribution in [0.4, 0.5) is 24.5 Å². The average molecular weight is 458 g/mol. The number of nitrogens with zero attached hydrogens (tertiary/aromatic N) is 3. The molecule has 1 aliphatic rings. The molecule has 33 heavy (non-hydrogen) atoms. The lowest BCUT2D eigenvalue weighted by Crippen LogP contribution is -2.37. The van der Waals surface area contributed by atoms with Crippen LogP contribution >= 0.6 is 0 Å². The van der Waals surface area contributed by atoms with Crippen LogP contribution in [0.15, 0.2) is 60.9 Å². The summed E-state index contributed by atoms with van der Waals surface area (Å²) in [6.45, 7) is 1.39. The van der Waals surface area contributed by atoms with Crippen molar-refractivity contribution in [3.05, 3.63) is 72.1 Å². The van der Waals surface area contributed by atoms with E-state index in [1.165, 1.54) is 12.1 Å². The number of alkyl halides is 3. The molecule has 1 aliphatic heterocycles. The number of ether oxygens (including phenoxy) is 1. The van der Waals surface area contributed by atoms with E-state index in [-0.39, 0.29) is 11.4 Å². The molecule has 1 amide bonds. The number of aromatic nitrogens is 2. The minimum atomic E-state index is -4.60. The van der Waals surface area contributed by atoms with Gasteiger partial charge < -0.3 is 15.0 Å². The molecule has 4 rings (SSSR count). The fraction of sp³-hybridized carbons (Fsp3) is 0.261. The van der Waals surface area contributed by atoms with E-state index in [2.05, 4.69) is 10.4 Å². The molecule has 1 N–H and O–H groups in total. The van der Waals surface area contributed by atoms with Gasteiger partial charge in [0.2, 0.25) is 5.91 Å². The van der Waals surface area contributed by atoms with Crippen molar-refractivity contribution in [3.8, 4) is 5.69 Å². The third-order valence-corrected chi connectivity index (χ3v) is 5.20. The number of anilines is 2. The highest BCUT2D eigenvalue weighted by molar-refractivity contribution is 6.11. The van der Waals surface area contributed by atoms with E-state index in [4.69, 9.17) is 4.74 Å². The van der Waals surface area contributed by atoms with Crippen LogP contribution in [0.3, 0.4) is 0 Å².